The standard InChI is InChI=1S/C15H16N2O3/c1-10-4-2-3-5-13(10)17-8-12(15(18)19)14(16-17)11-6-7-20-9-11/h2-5,8,11H,6-7,9H2,1H3,(H,18,19). The summed E-state index contributed by atoms with van der Waals surface area (Å²) in [4.78, 5) is 11.4. The van der Waals surface area contributed by atoms with Gasteiger partial charge in [0.05, 0.1) is 18.0 Å². The lowest BCUT2D eigenvalue weighted by molar-refractivity contribution is 0.0695. The molecule has 2 heterocycles. The van der Waals surface area contributed by atoms with E-state index in [0.29, 0.717) is 18.9 Å². The number of ether oxygens (including phenoxy) is 1. The third kappa shape index (κ3) is 2.20. The van der Waals surface area contributed by atoms with Crippen LogP contribution in [0.25, 0.3) is 5.69 Å². The minimum absolute atomic E-state index is 0.0753. The van der Waals surface area contributed by atoms with Gasteiger partial charge in [-0.05, 0) is 25.0 Å². The highest BCUT2D eigenvalue weighted by molar-refractivity contribution is 5.89. The Balaban J connectivity index is 2.07. The zero-order chi connectivity index (χ0) is 14.1. The first-order chi connectivity index (χ1) is 9.66. The highest BCUT2D eigenvalue weighted by Crippen LogP contribution is 2.28. The second-order valence-electron chi connectivity index (χ2n) is 5.02. The molecule has 1 aromatic carbocycles. The van der Waals surface area contributed by atoms with Crippen LogP contribution < -0.4 is 0 Å². The van der Waals surface area contributed by atoms with Crippen molar-refractivity contribution in [3.8, 4) is 5.69 Å². The van der Waals surface area contributed by atoms with E-state index in [0.717, 1.165) is 17.7 Å². The van der Waals surface area contributed by atoms with Crippen LogP contribution in [-0.2, 0) is 4.74 Å². The van der Waals surface area contributed by atoms with Crippen LogP contribution in [0.5, 0.6) is 0 Å². The zero-order valence-corrected chi connectivity index (χ0v) is 11.2. The van der Waals surface area contributed by atoms with Crippen molar-refractivity contribution in [3.05, 3.63) is 47.3 Å². The van der Waals surface area contributed by atoms with Crippen LogP contribution in [0.1, 0.15) is 34.0 Å². The van der Waals surface area contributed by atoms with Crippen LogP contribution >= 0.6 is 0 Å². The van der Waals surface area contributed by atoms with Gasteiger partial charge in [-0.2, -0.15) is 5.10 Å². The summed E-state index contributed by atoms with van der Waals surface area (Å²) in [5.74, 6) is -0.863. The highest BCUT2D eigenvalue weighted by atomic mass is 16.5. The fourth-order valence-corrected chi connectivity index (χ4v) is 2.55. The number of rotatable bonds is 3. The molecule has 1 aliphatic rings. The van der Waals surface area contributed by atoms with E-state index >= 15 is 0 Å². The van der Waals surface area contributed by atoms with E-state index in [4.69, 9.17) is 4.74 Å². The number of carboxylic acid groups (broad SMARTS) is 1. The lowest BCUT2D eigenvalue weighted by Crippen LogP contribution is -2.06. The van der Waals surface area contributed by atoms with Gasteiger partial charge >= 0.3 is 5.97 Å². The van der Waals surface area contributed by atoms with Crippen LogP contribution in [0.3, 0.4) is 0 Å². The van der Waals surface area contributed by atoms with Gasteiger partial charge in [0.15, 0.2) is 0 Å². The smallest absolute Gasteiger partial charge is 0.339 e. The summed E-state index contributed by atoms with van der Waals surface area (Å²) >= 11 is 0. The molecule has 5 heteroatoms. The molecule has 1 aromatic heterocycles. The monoisotopic (exact) mass is 272 g/mol. The summed E-state index contributed by atoms with van der Waals surface area (Å²) in [6, 6.07) is 7.79. The molecule has 0 saturated carbocycles. The van der Waals surface area contributed by atoms with E-state index in [9.17, 15) is 9.90 Å². The number of nitrogens with zero attached hydrogens (tertiary/aromatic N) is 2. The molecule has 5 nitrogen and oxygen atoms in total. The number of aromatic carboxylic acids is 1. The Kier molecular flexibility index (Phi) is 3.28. The average Bonchev–Trinajstić information content (AvgIpc) is 3.08. The second-order valence-corrected chi connectivity index (χ2v) is 5.02. The molecule has 2 aromatic rings. The maximum Gasteiger partial charge on any atom is 0.339 e. The van der Waals surface area contributed by atoms with Crippen molar-refractivity contribution in [2.75, 3.05) is 13.2 Å². The van der Waals surface area contributed by atoms with E-state index < -0.39 is 5.97 Å². The van der Waals surface area contributed by atoms with Crippen molar-refractivity contribution in [3.63, 3.8) is 0 Å². The van der Waals surface area contributed by atoms with Crippen molar-refractivity contribution in [2.45, 2.75) is 19.3 Å². The fourth-order valence-electron chi connectivity index (χ4n) is 2.55. The predicted molar refractivity (Wildman–Crippen MR) is 73.4 cm³/mol. The van der Waals surface area contributed by atoms with Gasteiger partial charge in [0.25, 0.3) is 0 Å². The van der Waals surface area contributed by atoms with E-state index in [1.54, 1.807) is 10.9 Å². The third-order valence-electron chi connectivity index (χ3n) is 3.65. The summed E-state index contributed by atoms with van der Waals surface area (Å²) in [6.07, 6.45) is 2.42. The molecule has 0 bridgehead atoms. The Hall–Kier alpha value is -2.14. The highest BCUT2D eigenvalue weighted by Gasteiger charge is 2.27. The molecule has 0 radical (unpaired) electrons. The first-order valence-electron chi connectivity index (χ1n) is 6.63. The summed E-state index contributed by atoms with van der Waals surface area (Å²) in [6.45, 7) is 3.20. The van der Waals surface area contributed by atoms with Gasteiger partial charge < -0.3 is 9.84 Å². The maximum absolute atomic E-state index is 11.4. The van der Waals surface area contributed by atoms with Crippen molar-refractivity contribution in [1.82, 2.24) is 9.78 Å². The first kappa shape index (κ1) is 12.9. The molecule has 1 saturated heterocycles. The lowest BCUT2D eigenvalue weighted by Gasteiger charge is -2.06. The van der Waals surface area contributed by atoms with E-state index in [1.807, 2.05) is 31.2 Å². The molecule has 20 heavy (non-hydrogen) atoms. The molecule has 104 valence electrons. The van der Waals surface area contributed by atoms with Gasteiger partial charge in [-0.15, -0.1) is 0 Å². The molecule has 0 spiro atoms. The van der Waals surface area contributed by atoms with E-state index in [-0.39, 0.29) is 11.5 Å². The van der Waals surface area contributed by atoms with Crippen LogP contribution in [0.15, 0.2) is 30.5 Å². The SMILES string of the molecule is Cc1ccccc1-n1cc(C(=O)O)c(C2CCOC2)n1. The van der Waals surface area contributed by atoms with E-state index in [1.165, 1.54) is 0 Å². The Morgan fingerprint density at radius 2 is 2.25 bits per heavy atom. The van der Waals surface area contributed by atoms with Gasteiger partial charge in [-0.3, -0.25) is 0 Å². The molecule has 0 amide bonds. The maximum atomic E-state index is 11.4. The topological polar surface area (TPSA) is 64.4 Å². The molecular formula is C15H16N2O3. The minimum atomic E-state index is -0.938. The molecule has 1 unspecified atom stereocenters. The Morgan fingerprint density at radius 3 is 2.90 bits per heavy atom. The Morgan fingerprint density at radius 1 is 1.45 bits per heavy atom. The average molecular weight is 272 g/mol. The van der Waals surface area contributed by atoms with E-state index in [2.05, 4.69) is 5.10 Å². The minimum Gasteiger partial charge on any atom is -0.478 e. The molecule has 1 atom stereocenters. The molecule has 1 fully saturated rings. The number of hydrogen-bond acceptors (Lipinski definition) is 3. The van der Waals surface area contributed by atoms with Crippen LogP contribution in [0.2, 0.25) is 0 Å². The number of para-hydroxylation sites is 1. The normalized spacial score (nSPS) is 18.4. The first-order valence-corrected chi connectivity index (χ1v) is 6.63. The second kappa shape index (κ2) is 5.09. The molecule has 1 aliphatic heterocycles. The van der Waals surface area contributed by atoms with Crippen LogP contribution in [0.4, 0.5) is 0 Å². The third-order valence-corrected chi connectivity index (χ3v) is 3.65. The Labute approximate surface area is 116 Å². The zero-order valence-electron chi connectivity index (χ0n) is 11.2. The molecular weight excluding hydrogens is 256 g/mol. The van der Waals surface area contributed by atoms with Crippen LogP contribution in [0, 0.1) is 6.92 Å². The number of benzene rings is 1. The van der Waals surface area contributed by atoms with Crippen molar-refractivity contribution in [2.24, 2.45) is 0 Å². The lowest BCUT2D eigenvalue weighted by atomic mass is 10.0. The number of aryl methyl sites for hydroxylation is 1. The van der Waals surface area contributed by atoms with Gasteiger partial charge in [0.1, 0.15) is 5.56 Å². The fraction of sp³-hybridized carbons (Fsp3) is 0.333. The molecule has 3 rings (SSSR count). The number of carboxylic acids is 1. The van der Waals surface area contributed by atoms with Gasteiger partial charge in [0.2, 0.25) is 0 Å². The van der Waals surface area contributed by atoms with Crippen molar-refractivity contribution >= 4 is 5.97 Å². The quantitative estimate of drug-likeness (QED) is 0.931. The summed E-state index contributed by atoms with van der Waals surface area (Å²) in [5, 5.41) is 13.9. The van der Waals surface area contributed by atoms with Gasteiger partial charge in [-0.1, -0.05) is 18.2 Å². The predicted octanol–water partition coefficient (Wildman–Crippen LogP) is 2.38. The largest absolute Gasteiger partial charge is 0.478 e. The Bertz CT molecular complexity index is 642. The summed E-state index contributed by atoms with van der Waals surface area (Å²) < 4.78 is 7.00. The summed E-state index contributed by atoms with van der Waals surface area (Å²) in [7, 11) is 0. The number of aromatic nitrogens is 2. The van der Waals surface area contributed by atoms with Crippen molar-refractivity contribution < 1.29 is 14.6 Å². The van der Waals surface area contributed by atoms with Gasteiger partial charge in [-0.25, -0.2) is 9.48 Å². The van der Waals surface area contributed by atoms with Crippen LogP contribution in [-0.4, -0.2) is 34.1 Å². The number of hydrogen-bond donors (Lipinski definition) is 1. The number of carbonyl (C=O) groups is 1. The van der Waals surface area contributed by atoms with Crippen molar-refractivity contribution in [1.29, 1.82) is 0 Å². The molecule has 1 N–H and O–H groups in total. The summed E-state index contributed by atoms with van der Waals surface area (Å²) in [5.41, 5.74) is 2.85. The van der Waals surface area contributed by atoms with Gasteiger partial charge in [0, 0.05) is 18.7 Å². The molecule has 0 aliphatic carbocycles.